The lowest BCUT2D eigenvalue weighted by atomic mass is 10.2. The smallest absolute Gasteiger partial charge is 0.341 e. The summed E-state index contributed by atoms with van der Waals surface area (Å²) in [5.74, 6) is 1.28. The zero-order valence-electron chi connectivity index (χ0n) is 16.4. The number of para-hydroxylation sites is 1. The Morgan fingerprint density at radius 1 is 1.26 bits per heavy atom. The van der Waals surface area contributed by atoms with Crippen molar-refractivity contribution in [2.45, 2.75) is 33.0 Å². The first-order chi connectivity index (χ1) is 12.9. The van der Waals surface area contributed by atoms with Gasteiger partial charge in [0.1, 0.15) is 22.8 Å². The second-order valence-corrected chi connectivity index (χ2v) is 6.29. The second-order valence-electron chi connectivity index (χ2n) is 6.29. The molecule has 1 amide bonds. The van der Waals surface area contributed by atoms with Crippen molar-refractivity contribution in [3.8, 4) is 5.75 Å². The van der Waals surface area contributed by atoms with Crippen molar-refractivity contribution in [1.82, 2.24) is 10.2 Å². The van der Waals surface area contributed by atoms with Gasteiger partial charge in [-0.15, -0.1) is 0 Å². The Kier molecular flexibility index (Phi) is 7.01. The lowest BCUT2D eigenvalue weighted by Gasteiger charge is -2.23. The zero-order chi connectivity index (χ0) is 20.0. The van der Waals surface area contributed by atoms with Crippen LogP contribution in [0.2, 0.25) is 0 Å². The van der Waals surface area contributed by atoms with Gasteiger partial charge in [-0.05, 0) is 33.0 Å². The number of nitrogens with zero attached hydrogens (tertiary/aromatic N) is 1. The molecule has 1 heterocycles. The molecule has 146 valence electrons. The van der Waals surface area contributed by atoms with Gasteiger partial charge in [-0.25, -0.2) is 4.79 Å². The molecule has 0 fully saturated rings. The van der Waals surface area contributed by atoms with Crippen LogP contribution in [0.15, 0.2) is 34.7 Å². The molecule has 2 rings (SSSR count). The Balaban J connectivity index is 1.95. The molecule has 1 atom stereocenters. The van der Waals surface area contributed by atoms with Crippen LogP contribution in [0.3, 0.4) is 0 Å². The molecule has 7 heteroatoms. The van der Waals surface area contributed by atoms with Crippen molar-refractivity contribution in [1.29, 1.82) is 0 Å². The highest BCUT2D eigenvalue weighted by Gasteiger charge is 2.21. The number of methoxy groups -OCH3 is 2. The minimum Gasteiger partial charge on any atom is -0.496 e. The molecule has 7 nitrogen and oxygen atoms in total. The highest BCUT2D eigenvalue weighted by Crippen LogP contribution is 2.19. The second kappa shape index (κ2) is 9.23. The maximum Gasteiger partial charge on any atom is 0.341 e. The number of likely N-dealkylation sites (N-methyl/N-ethyl adjacent to an activating group) is 1. The monoisotopic (exact) mass is 374 g/mol. The first-order valence-electron chi connectivity index (χ1n) is 8.64. The van der Waals surface area contributed by atoms with E-state index in [1.807, 2.05) is 43.1 Å². The molecule has 27 heavy (non-hydrogen) atoms. The van der Waals surface area contributed by atoms with Gasteiger partial charge in [-0.2, -0.15) is 0 Å². The van der Waals surface area contributed by atoms with Gasteiger partial charge in [0.05, 0.1) is 26.8 Å². The van der Waals surface area contributed by atoms with Crippen molar-refractivity contribution in [3.05, 3.63) is 53.0 Å². The molecule has 0 bridgehead atoms. The Bertz CT molecular complexity index is 799. The normalized spacial score (nSPS) is 11.9. The summed E-state index contributed by atoms with van der Waals surface area (Å²) in [7, 11) is 4.75. The maximum absolute atomic E-state index is 12.5. The van der Waals surface area contributed by atoms with Crippen LogP contribution in [0, 0.1) is 6.92 Å². The number of ether oxygens (including phenoxy) is 2. The van der Waals surface area contributed by atoms with Crippen molar-refractivity contribution in [2.75, 3.05) is 21.3 Å². The summed E-state index contributed by atoms with van der Waals surface area (Å²) in [6, 6.07) is 8.82. The maximum atomic E-state index is 12.5. The number of carbonyl (C=O) groups excluding carboxylic acids is 2. The Morgan fingerprint density at radius 2 is 1.96 bits per heavy atom. The van der Waals surface area contributed by atoms with Gasteiger partial charge in [0.25, 0.3) is 0 Å². The molecule has 0 aliphatic rings. The van der Waals surface area contributed by atoms with Crippen LogP contribution >= 0.6 is 0 Å². The molecular weight excluding hydrogens is 348 g/mol. The molecule has 2 aromatic rings. The summed E-state index contributed by atoms with van der Waals surface area (Å²) >= 11 is 0. The van der Waals surface area contributed by atoms with E-state index in [4.69, 9.17) is 13.9 Å². The number of esters is 1. The van der Waals surface area contributed by atoms with Gasteiger partial charge in [-0.3, -0.25) is 9.69 Å². The average Bonchev–Trinajstić information content (AvgIpc) is 3.04. The van der Waals surface area contributed by atoms with Crippen LogP contribution in [0.4, 0.5) is 0 Å². The molecule has 1 N–H and O–H groups in total. The van der Waals surface area contributed by atoms with Gasteiger partial charge < -0.3 is 19.2 Å². The molecule has 0 aliphatic carbocycles. The standard InChI is InChI=1S/C20H26N2O5/c1-13(19(23)21-11-15-8-6-7-9-18(15)25-4)22(3)12-16-10-17(14(2)27-16)20(24)26-5/h6-10,13H,11-12H2,1-5H3,(H,21,23). The largest absolute Gasteiger partial charge is 0.496 e. The van der Waals surface area contributed by atoms with Crippen molar-refractivity contribution in [3.63, 3.8) is 0 Å². The molecular formula is C20H26N2O5. The van der Waals surface area contributed by atoms with Gasteiger partial charge in [0.2, 0.25) is 5.91 Å². The topological polar surface area (TPSA) is 81.0 Å². The van der Waals surface area contributed by atoms with E-state index in [9.17, 15) is 9.59 Å². The highest BCUT2D eigenvalue weighted by molar-refractivity contribution is 5.90. The summed E-state index contributed by atoms with van der Waals surface area (Å²) in [4.78, 5) is 26.0. The van der Waals surface area contributed by atoms with Gasteiger partial charge in [-0.1, -0.05) is 18.2 Å². The van der Waals surface area contributed by atoms with E-state index in [1.54, 1.807) is 20.1 Å². The lowest BCUT2D eigenvalue weighted by Crippen LogP contribution is -2.42. The van der Waals surface area contributed by atoms with E-state index in [1.165, 1.54) is 7.11 Å². The fourth-order valence-electron chi connectivity index (χ4n) is 2.70. The molecule has 0 aliphatic heterocycles. The molecule has 0 saturated heterocycles. The fourth-order valence-corrected chi connectivity index (χ4v) is 2.70. The highest BCUT2D eigenvalue weighted by atomic mass is 16.5. The SMILES string of the molecule is COC(=O)c1cc(CN(C)C(C)C(=O)NCc2ccccc2OC)oc1C. The summed E-state index contributed by atoms with van der Waals surface area (Å²) in [6.45, 7) is 4.29. The minimum atomic E-state index is -0.437. The van der Waals surface area contributed by atoms with E-state index in [-0.39, 0.29) is 11.9 Å². The van der Waals surface area contributed by atoms with Crippen LogP contribution < -0.4 is 10.1 Å². The number of nitrogens with one attached hydrogen (secondary N) is 1. The van der Waals surface area contributed by atoms with Crippen LogP contribution in [0.25, 0.3) is 0 Å². The van der Waals surface area contributed by atoms with Crippen LogP contribution in [0.5, 0.6) is 5.75 Å². The van der Waals surface area contributed by atoms with Crippen molar-refractivity contribution < 1.29 is 23.5 Å². The third-order valence-electron chi connectivity index (χ3n) is 4.47. The van der Waals surface area contributed by atoms with Crippen molar-refractivity contribution >= 4 is 11.9 Å². The quantitative estimate of drug-likeness (QED) is 0.715. The Morgan fingerprint density at radius 3 is 2.63 bits per heavy atom. The van der Waals surface area contributed by atoms with Crippen molar-refractivity contribution in [2.24, 2.45) is 0 Å². The predicted octanol–water partition coefficient (Wildman–Crippen LogP) is 2.52. The number of aryl methyl sites for hydroxylation is 1. The third-order valence-corrected chi connectivity index (χ3v) is 4.47. The van der Waals surface area contributed by atoms with Crippen LogP contribution in [-0.4, -0.2) is 44.1 Å². The molecule has 0 saturated carbocycles. The molecule has 1 aromatic heterocycles. The third kappa shape index (κ3) is 5.10. The number of carbonyl (C=O) groups is 2. The van der Waals surface area contributed by atoms with Crippen LogP contribution in [0.1, 0.15) is 34.4 Å². The number of rotatable bonds is 8. The summed E-state index contributed by atoms with van der Waals surface area (Å²) in [6.07, 6.45) is 0. The van der Waals surface area contributed by atoms with E-state index in [2.05, 4.69) is 5.32 Å². The Hall–Kier alpha value is -2.80. The predicted molar refractivity (Wildman–Crippen MR) is 101 cm³/mol. The lowest BCUT2D eigenvalue weighted by molar-refractivity contribution is -0.125. The van der Waals surface area contributed by atoms with Crippen LogP contribution in [-0.2, 0) is 22.6 Å². The molecule has 1 unspecified atom stereocenters. The van der Waals surface area contributed by atoms with Gasteiger partial charge in [0, 0.05) is 12.1 Å². The van der Waals surface area contributed by atoms with Gasteiger partial charge in [0.15, 0.2) is 0 Å². The number of hydrogen-bond acceptors (Lipinski definition) is 6. The number of hydrogen-bond donors (Lipinski definition) is 1. The zero-order valence-corrected chi connectivity index (χ0v) is 16.4. The molecule has 1 aromatic carbocycles. The fraction of sp³-hybridized carbons (Fsp3) is 0.400. The molecule has 0 radical (unpaired) electrons. The summed E-state index contributed by atoms with van der Waals surface area (Å²) in [5, 5.41) is 2.92. The average molecular weight is 374 g/mol. The number of benzene rings is 1. The minimum absolute atomic E-state index is 0.111. The number of amides is 1. The van der Waals surface area contributed by atoms with E-state index >= 15 is 0 Å². The summed E-state index contributed by atoms with van der Waals surface area (Å²) < 4.78 is 15.6. The first kappa shape index (κ1) is 20.5. The molecule has 0 spiro atoms. The summed E-state index contributed by atoms with van der Waals surface area (Å²) in [5.41, 5.74) is 1.31. The van der Waals surface area contributed by atoms with E-state index in [0.717, 1.165) is 11.3 Å². The van der Waals surface area contributed by atoms with E-state index in [0.29, 0.717) is 30.2 Å². The number of furan rings is 1. The first-order valence-corrected chi connectivity index (χ1v) is 8.64. The van der Waals surface area contributed by atoms with Gasteiger partial charge >= 0.3 is 5.97 Å². The van der Waals surface area contributed by atoms with E-state index < -0.39 is 5.97 Å². The Labute approximate surface area is 159 Å².